The first kappa shape index (κ1) is 40.8. The van der Waals surface area contributed by atoms with Crippen molar-refractivity contribution in [3.05, 3.63) is 81.3 Å². The Hall–Kier alpha value is -6.01. The lowest BCUT2D eigenvalue weighted by Crippen LogP contribution is -2.49. The number of imide groups is 1. The maximum atomic E-state index is 13.9. The number of rotatable bonds is 11. The summed E-state index contributed by atoms with van der Waals surface area (Å²) in [5, 5.41) is 31.0. The van der Waals surface area contributed by atoms with E-state index in [4.69, 9.17) is 5.26 Å². The lowest BCUT2D eigenvalue weighted by Gasteiger charge is -2.34. The Kier molecular flexibility index (Phi) is 11.8. The van der Waals surface area contributed by atoms with Gasteiger partial charge in [0.2, 0.25) is 11.9 Å². The van der Waals surface area contributed by atoms with Gasteiger partial charge in [-0.3, -0.25) is 29.1 Å². The maximum absolute atomic E-state index is 13.9. The normalized spacial score (nSPS) is 18.3. The Morgan fingerprint density at radius 3 is 2.48 bits per heavy atom. The molecule has 6 heterocycles. The standard InChI is InChI=1S/C43H48N12O4S/c1-27(26-53-15-9-28(10-16-53)29-5-7-36-37(23-29)52(3)50-40(36)55-19-13-38(56)48-43(55)58)20-32-22-35(6-4-31(32)24-45)60(59)54-17-11-34(12-18-54)47-42-46-25-33-21-30(8-14-44)41(57)51(2)39(33)49-42/h4-7,21-23,25,27-28,34H,8-13,15-20,26H2,1-3H3,(H,46,47,49)(H,48,56,58). The molecule has 16 nitrogen and oxygen atoms in total. The van der Waals surface area contributed by atoms with Crippen molar-refractivity contribution in [3.8, 4) is 12.1 Å². The van der Waals surface area contributed by atoms with Gasteiger partial charge in [-0.1, -0.05) is 13.0 Å². The molecule has 60 heavy (non-hydrogen) atoms. The lowest BCUT2D eigenvalue weighted by molar-refractivity contribution is -0.120. The minimum atomic E-state index is -1.38. The number of urea groups is 1. The van der Waals surface area contributed by atoms with Gasteiger partial charge in [-0.25, -0.2) is 18.3 Å². The van der Waals surface area contributed by atoms with Crippen molar-refractivity contribution in [1.29, 1.82) is 10.5 Å². The largest absolute Gasteiger partial charge is 0.351 e. The quantitative estimate of drug-likeness (QED) is 0.193. The predicted octanol–water partition coefficient (Wildman–Crippen LogP) is 4.26. The number of hydrogen-bond donors (Lipinski definition) is 2. The first-order chi connectivity index (χ1) is 29.0. The SMILES string of the molecule is CC(Cc1cc(S(=O)N2CCC(Nc3ncc4cc(CC#N)c(=O)n(C)c4n3)CC2)ccc1C#N)CN1CCC(c2ccc3c(N4CCC(=O)NC4=O)nn(C)c3c2)CC1. The van der Waals surface area contributed by atoms with Crippen LogP contribution in [0.3, 0.4) is 0 Å². The Balaban J connectivity index is 0.839. The van der Waals surface area contributed by atoms with Crippen LogP contribution in [0.25, 0.3) is 21.9 Å². The van der Waals surface area contributed by atoms with E-state index in [-0.39, 0.29) is 36.3 Å². The molecular weight excluding hydrogens is 781 g/mol. The van der Waals surface area contributed by atoms with Gasteiger partial charge in [-0.15, -0.1) is 0 Å². The molecule has 3 aliphatic rings. The summed E-state index contributed by atoms with van der Waals surface area (Å²) >= 11 is 0. The number of anilines is 2. The molecule has 8 rings (SSSR count). The molecule has 2 atom stereocenters. The third-order valence-corrected chi connectivity index (χ3v) is 13.6. The van der Waals surface area contributed by atoms with Crippen molar-refractivity contribution in [2.45, 2.75) is 68.7 Å². The topological polar surface area (TPSA) is 198 Å². The molecule has 5 aromatic rings. The van der Waals surface area contributed by atoms with Gasteiger partial charge < -0.3 is 10.2 Å². The molecule has 17 heteroatoms. The number of hydrogen-bond acceptors (Lipinski definition) is 11. The molecule has 2 N–H and O–H groups in total. The van der Waals surface area contributed by atoms with Crippen LogP contribution in [0.4, 0.5) is 16.6 Å². The molecule has 3 fully saturated rings. The molecule has 3 aromatic heterocycles. The van der Waals surface area contributed by atoms with E-state index in [1.54, 1.807) is 30.1 Å². The van der Waals surface area contributed by atoms with E-state index in [1.165, 1.54) is 15.0 Å². The van der Waals surface area contributed by atoms with Crippen molar-refractivity contribution in [2.24, 2.45) is 20.0 Å². The highest BCUT2D eigenvalue weighted by Gasteiger charge is 2.30. The van der Waals surface area contributed by atoms with E-state index in [2.05, 4.69) is 55.7 Å². The highest BCUT2D eigenvalue weighted by molar-refractivity contribution is 7.82. The first-order valence-electron chi connectivity index (χ1n) is 20.5. The summed E-state index contributed by atoms with van der Waals surface area (Å²) in [4.78, 5) is 50.7. The number of carbonyl (C=O) groups is 2. The number of fused-ring (bicyclic) bond motifs is 2. The number of likely N-dealkylation sites (tertiary alicyclic amines) is 1. The molecule has 0 spiro atoms. The third kappa shape index (κ3) is 8.38. The third-order valence-electron chi connectivity index (χ3n) is 12.1. The predicted molar refractivity (Wildman–Crippen MR) is 227 cm³/mol. The Bertz CT molecular complexity index is 2650. The smallest absolute Gasteiger partial charge is 0.329 e. The minimum Gasteiger partial charge on any atom is -0.351 e. The molecule has 0 aliphatic carbocycles. The molecule has 3 amide bonds. The fraction of sp³-hybridized carbons (Fsp3) is 0.442. The van der Waals surface area contributed by atoms with Crippen LogP contribution in [0.1, 0.15) is 67.2 Å². The van der Waals surface area contributed by atoms with E-state index < -0.39 is 17.0 Å². The summed E-state index contributed by atoms with van der Waals surface area (Å²) in [5.41, 5.74) is 4.40. The zero-order valence-corrected chi connectivity index (χ0v) is 34.9. The number of nitrogens with one attached hydrogen (secondary N) is 2. The highest BCUT2D eigenvalue weighted by atomic mass is 32.2. The van der Waals surface area contributed by atoms with E-state index >= 15 is 0 Å². The monoisotopic (exact) mass is 828 g/mol. The van der Waals surface area contributed by atoms with E-state index in [0.29, 0.717) is 70.8 Å². The Labute approximate surface area is 350 Å². The number of carbonyl (C=O) groups excluding carboxylic acids is 2. The molecule has 0 bridgehead atoms. The number of amides is 3. The Morgan fingerprint density at radius 2 is 1.75 bits per heavy atom. The van der Waals surface area contributed by atoms with Crippen molar-refractivity contribution in [1.82, 2.24) is 38.8 Å². The van der Waals surface area contributed by atoms with Gasteiger partial charge in [0, 0.05) is 75.3 Å². The van der Waals surface area contributed by atoms with E-state index in [9.17, 15) is 23.9 Å². The fourth-order valence-electron chi connectivity index (χ4n) is 8.85. The average Bonchev–Trinajstić information content (AvgIpc) is 3.58. The summed E-state index contributed by atoms with van der Waals surface area (Å²) in [7, 11) is 2.14. The summed E-state index contributed by atoms with van der Waals surface area (Å²) in [6, 6.07) is 17.6. The number of benzene rings is 2. The summed E-state index contributed by atoms with van der Waals surface area (Å²) in [5.74, 6) is 1.41. The second-order valence-electron chi connectivity index (χ2n) is 16.2. The van der Waals surface area contributed by atoms with Gasteiger partial charge in [0.05, 0.1) is 34.5 Å². The average molecular weight is 829 g/mol. The molecular formula is C43H48N12O4S. The highest BCUT2D eigenvalue weighted by Crippen LogP contribution is 2.34. The van der Waals surface area contributed by atoms with E-state index in [1.807, 2.05) is 35.6 Å². The zero-order chi connectivity index (χ0) is 42.1. The van der Waals surface area contributed by atoms with Crippen molar-refractivity contribution in [3.63, 3.8) is 0 Å². The molecule has 2 aromatic carbocycles. The second-order valence-corrected chi connectivity index (χ2v) is 17.7. The second kappa shape index (κ2) is 17.3. The van der Waals surface area contributed by atoms with Crippen molar-refractivity contribution >= 4 is 56.6 Å². The summed E-state index contributed by atoms with van der Waals surface area (Å²) in [6.07, 6.45) is 6.14. The van der Waals surface area contributed by atoms with Crippen LogP contribution in [0, 0.1) is 28.6 Å². The van der Waals surface area contributed by atoms with Gasteiger partial charge in [0.25, 0.3) is 5.56 Å². The van der Waals surface area contributed by atoms with Gasteiger partial charge >= 0.3 is 6.03 Å². The van der Waals surface area contributed by atoms with Crippen LogP contribution in [-0.4, -0.2) is 95.0 Å². The van der Waals surface area contributed by atoms with Crippen LogP contribution in [-0.2, 0) is 42.7 Å². The lowest BCUT2D eigenvalue weighted by atomic mass is 9.88. The van der Waals surface area contributed by atoms with Crippen LogP contribution >= 0.6 is 0 Å². The van der Waals surface area contributed by atoms with Gasteiger partial charge in [0.15, 0.2) is 5.82 Å². The van der Waals surface area contributed by atoms with Crippen LogP contribution < -0.4 is 21.1 Å². The number of piperidine rings is 2. The number of aryl methyl sites for hydroxylation is 2. The van der Waals surface area contributed by atoms with Crippen molar-refractivity contribution < 1.29 is 13.8 Å². The fourth-order valence-corrected chi connectivity index (χ4v) is 10.1. The molecule has 0 saturated carbocycles. The molecule has 0 radical (unpaired) electrons. The molecule has 3 saturated heterocycles. The van der Waals surface area contributed by atoms with Gasteiger partial charge in [-0.05, 0) is 105 Å². The van der Waals surface area contributed by atoms with Crippen LogP contribution in [0.5, 0.6) is 0 Å². The first-order valence-corrected chi connectivity index (χ1v) is 21.6. The summed E-state index contributed by atoms with van der Waals surface area (Å²) in [6.45, 7) is 6.55. The van der Waals surface area contributed by atoms with Crippen LogP contribution in [0.15, 0.2) is 58.4 Å². The summed E-state index contributed by atoms with van der Waals surface area (Å²) < 4.78 is 19.1. The zero-order valence-electron chi connectivity index (χ0n) is 34.1. The molecule has 2 unspecified atom stereocenters. The maximum Gasteiger partial charge on any atom is 0.329 e. The van der Waals surface area contributed by atoms with Gasteiger partial charge in [-0.2, -0.15) is 20.6 Å². The van der Waals surface area contributed by atoms with E-state index in [0.717, 1.165) is 61.8 Å². The number of aromatic nitrogens is 5. The number of pyridine rings is 1. The minimum absolute atomic E-state index is 0.0268. The van der Waals surface area contributed by atoms with Crippen LogP contribution in [0.2, 0.25) is 0 Å². The number of nitriles is 2. The molecule has 310 valence electrons. The number of nitrogens with zero attached hydrogens (tertiary/aromatic N) is 10. The van der Waals surface area contributed by atoms with Gasteiger partial charge in [0.1, 0.15) is 16.6 Å². The van der Waals surface area contributed by atoms with Crippen molar-refractivity contribution in [2.75, 3.05) is 49.5 Å². The Morgan fingerprint density at radius 1 is 0.967 bits per heavy atom. The molecule has 3 aliphatic heterocycles.